The van der Waals surface area contributed by atoms with Crippen molar-refractivity contribution in [3.63, 3.8) is 0 Å². The number of unbranched alkanes of at least 4 members (excludes halogenated alkanes) is 4. The first-order valence-corrected chi connectivity index (χ1v) is 5.50. The van der Waals surface area contributed by atoms with Crippen LogP contribution in [-0.2, 0) is 0 Å². The van der Waals surface area contributed by atoms with Gasteiger partial charge in [-0.05, 0) is 18.4 Å². The Morgan fingerprint density at radius 1 is 1.21 bits per heavy atom. The van der Waals surface area contributed by atoms with Crippen molar-refractivity contribution in [2.45, 2.75) is 57.9 Å². The fourth-order valence-corrected chi connectivity index (χ4v) is 1.47. The van der Waals surface area contributed by atoms with Crippen molar-refractivity contribution in [2.24, 2.45) is 5.11 Å². The van der Waals surface area contributed by atoms with Gasteiger partial charge in [-0.15, -0.1) is 0 Å². The van der Waals surface area contributed by atoms with Gasteiger partial charge in [-0.25, -0.2) is 0 Å². The number of hydrogen-bond donors (Lipinski definition) is 1. The van der Waals surface area contributed by atoms with Gasteiger partial charge >= 0.3 is 0 Å². The van der Waals surface area contributed by atoms with E-state index in [4.69, 9.17) is 10.6 Å². The van der Waals surface area contributed by atoms with Crippen LogP contribution in [0.2, 0.25) is 0 Å². The van der Waals surface area contributed by atoms with E-state index in [2.05, 4.69) is 16.9 Å². The van der Waals surface area contributed by atoms with Crippen molar-refractivity contribution in [2.75, 3.05) is 6.61 Å². The highest BCUT2D eigenvalue weighted by molar-refractivity contribution is 4.66. The van der Waals surface area contributed by atoms with Gasteiger partial charge in [0.1, 0.15) is 0 Å². The van der Waals surface area contributed by atoms with E-state index < -0.39 is 0 Å². The number of azide groups is 1. The predicted molar refractivity (Wildman–Crippen MR) is 58.0 cm³/mol. The van der Waals surface area contributed by atoms with Gasteiger partial charge in [-0.1, -0.05) is 44.1 Å². The van der Waals surface area contributed by atoms with E-state index in [1.807, 2.05) is 0 Å². The Bertz CT molecular complexity index is 167. The van der Waals surface area contributed by atoms with Gasteiger partial charge < -0.3 is 5.11 Å². The molecule has 0 saturated heterocycles. The van der Waals surface area contributed by atoms with E-state index in [9.17, 15) is 0 Å². The highest BCUT2D eigenvalue weighted by atomic mass is 16.3. The molecule has 82 valence electrons. The van der Waals surface area contributed by atoms with Crippen LogP contribution in [0.15, 0.2) is 5.11 Å². The minimum atomic E-state index is -0.00775. The zero-order valence-electron chi connectivity index (χ0n) is 9.02. The van der Waals surface area contributed by atoms with Crippen LogP contribution in [0.25, 0.3) is 10.4 Å². The molecule has 0 aromatic carbocycles. The summed E-state index contributed by atoms with van der Waals surface area (Å²) in [5, 5.41) is 12.4. The van der Waals surface area contributed by atoms with E-state index >= 15 is 0 Å². The topological polar surface area (TPSA) is 69.0 Å². The lowest BCUT2D eigenvalue weighted by molar-refractivity contribution is 0.271. The third-order valence-electron chi connectivity index (χ3n) is 2.32. The third kappa shape index (κ3) is 7.90. The quantitative estimate of drug-likeness (QED) is 0.263. The Hall–Kier alpha value is -0.730. The monoisotopic (exact) mass is 199 g/mol. The number of aliphatic hydroxyl groups is 1. The van der Waals surface area contributed by atoms with Crippen molar-refractivity contribution in [3.8, 4) is 0 Å². The maximum absolute atomic E-state index is 8.72. The molecule has 1 N–H and O–H groups in total. The average Bonchev–Trinajstić information content (AvgIpc) is 2.18. The van der Waals surface area contributed by atoms with E-state index in [0.717, 1.165) is 12.8 Å². The molecule has 0 aromatic heterocycles. The standard InChI is InChI=1S/C10H21N3O/c1-2-3-4-5-6-7-10(8-9-14)12-13-11/h10,14H,2-9H2,1H3/t10-/m1/s1. The normalized spacial score (nSPS) is 12.1. The van der Waals surface area contributed by atoms with Crippen molar-refractivity contribution >= 4 is 0 Å². The Balaban J connectivity index is 3.45. The fourth-order valence-electron chi connectivity index (χ4n) is 1.47. The number of aliphatic hydroxyl groups excluding tert-OH is 1. The second-order valence-electron chi connectivity index (χ2n) is 3.57. The third-order valence-corrected chi connectivity index (χ3v) is 2.32. The second kappa shape index (κ2) is 10.4. The maximum Gasteiger partial charge on any atom is 0.0434 e. The van der Waals surface area contributed by atoms with Crippen LogP contribution in [-0.4, -0.2) is 17.8 Å². The molecule has 0 heterocycles. The summed E-state index contributed by atoms with van der Waals surface area (Å²) < 4.78 is 0. The molecule has 4 nitrogen and oxygen atoms in total. The SMILES string of the molecule is CCCCCCC[C@H](CCO)N=[N+]=[N-]. The summed E-state index contributed by atoms with van der Waals surface area (Å²) >= 11 is 0. The lowest BCUT2D eigenvalue weighted by atomic mass is 10.1. The van der Waals surface area contributed by atoms with E-state index in [1.54, 1.807) is 0 Å². The molecule has 0 aliphatic heterocycles. The summed E-state index contributed by atoms with van der Waals surface area (Å²) in [7, 11) is 0. The summed E-state index contributed by atoms with van der Waals surface area (Å²) in [5.41, 5.74) is 8.28. The summed E-state index contributed by atoms with van der Waals surface area (Å²) in [6, 6.07) is -0.00775. The van der Waals surface area contributed by atoms with Crippen LogP contribution in [0.4, 0.5) is 0 Å². The molecule has 0 saturated carbocycles. The van der Waals surface area contributed by atoms with Crippen LogP contribution in [0.3, 0.4) is 0 Å². The molecule has 4 heteroatoms. The van der Waals surface area contributed by atoms with E-state index in [0.29, 0.717) is 6.42 Å². The van der Waals surface area contributed by atoms with Gasteiger partial charge in [0.05, 0.1) is 0 Å². The smallest absolute Gasteiger partial charge is 0.0434 e. The Labute approximate surface area is 86.0 Å². The van der Waals surface area contributed by atoms with Crippen molar-refractivity contribution in [3.05, 3.63) is 10.4 Å². The van der Waals surface area contributed by atoms with Gasteiger partial charge in [-0.3, -0.25) is 0 Å². The van der Waals surface area contributed by atoms with E-state index in [1.165, 1.54) is 25.7 Å². The van der Waals surface area contributed by atoms with Gasteiger partial charge in [-0.2, -0.15) is 0 Å². The summed E-state index contributed by atoms with van der Waals surface area (Å²) in [6.07, 6.45) is 7.60. The molecule has 0 rings (SSSR count). The highest BCUT2D eigenvalue weighted by Gasteiger charge is 2.04. The van der Waals surface area contributed by atoms with Crippen molar-refractivity contribution < 1.29 is 5.11 Å². The molecule has 0 bridgehead atoms. The second-order valence-corrected chi connectivity index (χ2v) is 3.57. The summed E-state index contributed by atoms with van der Waals surface area (Å²) in [4.78, 5) is 2.78. The fraction of sp³-hybridized carbons (Fsp3) is 1.00. The zero-order valence-corrected chi connectivity index (χ0v) is 9.02. The van der Waals surface area contributed by atoms with Crippen LogP contribution in [0, 0.1) is 0 Å². The van der Waals surface area contributed by atoms with Crippen LogP contribution >= 0.6 is 0 Å². The van der Waals surface area contributed by atoms with Crippen LogP contribution in [0.5, 0.6) is 0 Å². The zero-order chi connectivity index (χ0) is 10.6. The minimum absolute atomic E-state index is 0.00775. The molecular weight excluding hydrogens is 178 g/mol. The molecule has 0 fully saturated rings. The number of hydrogen-bond acceptors (Lipinski definition) is 2. The molecule has 0 aliphatic rings. The first kappa shape index (κ1) is 13.3. The molecule has 0 aliphatic carbocycles. The number of rotatable bonds is 9. The van der Waals surface area contributed by atoms with Gasteiger partial charge in [0.2, 0.25) is 0 Å². The molecular formula is C10H21N3O. The summed E-state index contributed by atoms with van der Waals surface area (Å²) in [5.74, 6) is 0. The Morgan fingerprint density at radius 3 is 2.50 bits per heavy atom. The lowest BCUT2D eigenvalue weighted by Crippen LogP contribution is -2.05. The molecule has 0 radical (unpaired) electrons. The minimum Gasteiger partial charge on any atom is -0.396 e. The van der Waals surface area contributed by atoms with Gasteiger partial charge in [0, 0.05) is 17.6 Å². The van der Waals surface area contributed by atoms with Gasteiger partial charge in [0.25, 0.3) is 0 Å². The summed E-state index contributed by atoms with van der Waals surface area (Å²) in [6.45, 7) is 2.30. The molecule has 0 amide bonds. The number of nitrogens with zero attached hydrogens (tertiary/aromatic N) is 3. The van der Waals surface area contributed by atoms with E-state index in [-0.39, 0.29) is 12.6 Å². The maximum atomic E-state index is 8.72. The predicted octanol–water partition coefficient (Wildman–Crippen LogP) is 3.41. The molecule has 0 unspecified atom stereocenters. The first-order chi connectivity index (χ1) is 6.85. The van der Waals surface area contributed by atoms with Crippen LogP contribution in [0.1, 0.15) is 51.9 Å². The average molecular weight is 199 g/mol. The van der Waals surface area contributed by atoms with Crippen LogP contribution < -0.4 is 0 Å². The molecule has 0 spiro atoms. The van der Waals surface area contributed by atoms with Crippen molar-refractivity contribution in [1.82, 2.24) is 0 Å². The Morgan fingerprint density at radius 2 is 1.93 bits per heavy atom. The molecule has 14 heavy (non-hydrogen) atoms. The first-order valence-electron chi connectivity index (χ1n) is 5.50. The molecule has 0 aromatic rings. The largest absolute Gasteiger partial charge is 0.396 e. The Kier molecular flexibility index (Phi) is 9.81. The molecule has 1 atom stereocenters. The van der Waals surface area contributed by atoms with Crippen molar-refractivity contribution in [1.29, 1.82) is 0 Å². The highest BCUT2D eigenvalue weighted by Crippen LogP contribution is 2.11. The van der Waals surface area contributed by atoms with Gasteiger partial charge in [0.15, 0.2) is 0 Å². The lowest BCUT2D eigenvalue weighted by Gasteiger charge is -2.08.